The number of fused-ring (bicyclic) bond motifs is 7. The quantitative estimate of drug-likeness (QED) is 0.161. The monoisotopic (exact) mass is 752 g/mol. The largest absolute Gasteiger partial charge is 0.462 e. The van der Waals surface area contributed by atoms with Crippen LogP contribution >= 0.6 is 0 Å². The minimum Gasteiger partial charge on any atom is -0.462 e. The first kappa shape index (κ1) is 38.4. The fourth-order valence-corrected chi connectivity index (χ4v) is 13.8. The zero-order valence-corrected chi connectivity index (χ0v) is 33.8. The van der Waals surface area contributed by atoms with Crippen molar-refractivity contribution < 1.29 is 37.3 Å². The molecular formula is C42H60N2O8S. The summed E-state index contributed by atoms with van der Waals surface area (Å²) < 4.78 is 43.0. The Hall–Kier alpha value is -2.92. The van der Waals surface area contributed by atoms with E-state index in [-0.39, 0.29) is 67.9 Å². The van der Waals surface area contributed by atoms with Gasteiger partial charge < -0.3 is 19.8 Å². The fraction of sp³-hybridized carbons (Fsp3) is 0.738. The number of carbonyl (C=O) groups excluding carboxylic acids is 1. The number of ether oxygens (including phenoxy) is 2. The van der Waals surface area contributed by atoms with E-state index in [0.717, 1.165) is 64.2 Å². The van der Waals surface area contributed by atoms with Crippen molar-refractivity contribution in [3.63, 3.8) is 0 Å². The molecule has 1 N–H and O–H groups in total. The molecule has 0 bridgehead atoms. The van der Waals surface area contributed by atoms with Crippen molar-refractivity contribution in [1.82, 2.24) is 5.16 Å². The molecule has 4 saturated carbocycles. The van der Waals surface area contributed by atoms with E-state index in [0.29, 0.717) is 11.8 Å². The first-order chi connectivity index (χ1) is 24.7. The van der Waals surface area contributed by atoms with Crippen molar-refractivity contribution >= 4 is 15.8 Å². The maximum atomic E-state index is 14.6. The molecule has 1 unspecified atom stereocenters. The molecule has 2 aromatic rings. The van der Waals surface area contributed by atoms with E-state index in [1.54, 1.807) is 18.2 Å². The van der Waals surface area contributed by atoms with Gasteiger partial charge in [-0.15, -0.1) is 0 Å². The predicted molar refractivity (Wildman–Crippen MR) is 198 cm³/mol. The molecule has 0 spiro atoms. The molecular weight excluding hydrogens is 693 g/mol. The van der Waals surface area contributed by atoms with Crippen LogP contribution < -0.4 is 9.64 Å². The van der Waals surface area contributed by atoms with E-state index in [4.69, 9.17) is 9.47 Å². The molecule has 292 valence electrons. The molecule has 1 aromatic heterocycles. The summed E-state index contributed by atoms with van der Waals surface area (Å²) in [5.41, 5.74) is 1.10. The van der Waals surface area contributed by atoms with Gasteiger partial charge in [0.05, 0.1) is 28.2 Å². The Labute approximate surface area is 315 Å². The number of esters is 1. The zero-order valence-electron chi connectivity index (χ0n) is 32.9. The van der Waals surface area contributed by atoms with Gasteiger partial charge in [-0.05, 0) is 133 Å². The molecule has 10 nitrogen and oxygen atoms in total. The number of hydrogen-bond donors (Lipinski definition) is 1. The van der Waals surface area contributed by atoms with Crippen molar-refractivity contribution in [2.24, 2.45) is 50.2 Å². The number of hydrogen-bond acceptors (Lipinski definition) is 9. The summed E-state index contributed by atoms with van der Waals surface area (Å²) in [6.07, 6.45) is 11.7. The van der Waals surface area contributed by atoms with E-state index >= 15 is 0 Å². The Morgan fingerprint density at radius 1 is 1.00 bits per heavy atom. The summed E-state index contributed by atoms with van der Waals surface area (Å²) in [6, 6.07) is 7.57. The Morgan fingerprint density at radius 3 is 2.42 bits per heavy atom. The van der Waals surface area contributed by atoms with Crippen LogP contribution in [-0.4, -0.2) is 43.5 Å². The SMILES string of the molecule is CC(CCOc1no[n+]([O-])c1S(=O)(=O)c1ccccc1)OC(=O)[C@]12CCC(C)(C)C[C@H]1C1=CC[C@@H]3[C@@]4(C)CC[C@H](O)C(C)(C)[C@@H]4CC[C@@]3(C)[C@]1(C)CC2. The lowest BCUT2D eigenvalue weighted by Gasteiger charge is -2.71. The lowest BCUT2D eigenvalue weighted by atomic mass is 9.33. The molecule has 11 heteroatoms. The predicted octanol–water partition coefficient (Wildman–Crippen LogP) is 8.00. The van der Waals surface area contributed by atoms with Crippen molar-refractivity contribution in [2.75, 3.05) is 6.61 Å². The average molecular weight is 753 g/mol. The van der Waals surface area contributed by atoms with E-state index in [1.165, 1.54) is 17.7 Å². The van der Waals surface area contributed by atoms with Gasteiger partial charge in [0.2, 0.25) is 0 Å². The number of benzene rings is 1. The van der Waals surface area contributed by atoms with Crippen molar-refractivity contribution in [3.05, 3.63) is 47.2 Å². The number of aromatic nitrogens is 2. The highest BCUT2D eigenvalue weighted by Gasteiger charge is 2.69. The highest BCUT2D eigenvalue weighted by atomic mass is 32.2. The molecule has 0 amide bonds. The Balaban J connectivity index is 1.09. The standard InChI is InChI=1S/C42H60N2O8S/c1-27(18-25-50-34-35(44(47)52-43-34)53(48,49)28-12-10-9-11-13-28)51-36(46)42-23-21-37(2,3)26-30(42)29-14-15-32-39(6)19-17-33(45)38(4,5)31(39)16-20-41(32,8)40(29,7)22-24-42/h9-14,27,30-33,45H,15-26H2,1-8H3/t27?,30-,31-,32+,33-,39-,40+,41+,42-/m0/s1. The molecule has 5 aliphatic carbocycles. The molecule has 7 rings (SSSR count). The summed E-state index contributed by atoms with van der Waals surface area (Å²) >= 11 is 0. The second kappa shape index (κ2) is 12.8. The highest BCUT2D eigenvalue weighted by Crippen LogP contribution is 2.75. The van der Waals surface area contributed by atoms with E-state index in [2.05, 4.69) is 64.3 Å². The molecule has 1 heterocycles. The van der Waals surface area contributed by atoms with Crippen LogP contribution in [0.15, 0.2) is 56.5 Å². The van der Waals surface area contributed by atoms with Gasteiger partial charge in [0.1, 0.15) is 6.10 Å². The van der Waals surface area contributed by atoms with Gasteiger partial charge in [0.25, 0.3) is 9.84 Å². The molecule has 0 aliphatic heterocycles. The van der Waals surface area contributed by atoms with Gasteiger partial charge in [0.15, 0.2) is 0 Å². The second-order valence-electron chi connectivity index (χ2n) is 19.5. The van der Waals surface area contributed by atoms with Gasteiger partial charge in [-0.1, -0.05) is 78.3 Å². The van der Waals surface area contributed by atoms with Gasteiger partial charge in [-0.25, -0.2) is 8.42 Å². The van der Waals surface area contributed by atoms with Gasteiger partial charge in [-0.3, -0.25) is 9.42 Å². The van der Waals surface area contributed by atoms with Crippen molar-refractivity contribution in [2.45, 2.75) is 148 Å². The zero-order chi connectivity index (χ0) is 38.4. The topological polar surface area (TPSA) is 143 Å². The first-order valence-corrected chi connectivity index (χ1v) is 21.3. The van der Waals surface area contributed by atoms with Crippen LogP contribution in [0.2, 0.25) is 0 Å². The number of nitrogens with zero attached hydrogens (tertiary/aromatic N) is 2. The van der Waals surface area contributed by atoms with Crippen LogP contribution in [0.1, 0.15) is 126 Å². The molecule has 4 fully saturated rings. The second-order valence-corrected chi connectivity index (χ2v) is 21.3. The third-order valence-electron chi connectivity index (χ3n) is 15.9. The Kier molecular flexibility index (Phi) is 9.28. The Bertz CT molecular complexity index is 1870. The summed E-state index contributed by atoms with van der Waals surface area (Å²) in [5.74, 6) is 0.536. The first-order valence-electron chi connectivity index (χ1n) is 19.9. The maximum absolute atomic E-state index is 14.6. The summed E-state index contributed by atoms with van der Waals surface area (Å²) in [4.78, 5) is 14.3. The van der Waals surface area contributed by atoms with E-state index < -0.39 is 32.3 Å². The Morgan fingerprint density at radius 2 is 1.70 bits per heavy atom. The summed E-state index contributed by atoms with van der Waals surface area (Å²) in [6.45, 7) is 18.7. The third kappa shape index (κ3) is 5.79. The molecule has 5 aliphatic rings. The van der Waals surface area contributed by atoms with Crippen LogP contribution in [0.25, 0.3) is 0 Å². The number of aliphatic hydroxyl groups excluding tert-OH is 1. The lowest BCUT2D eigenvalue weighted by molar-refractivity contribution is -0.832. The molecule has 53 heavy (non-hydrogen) atoms. The van der Waals surface area contributed by atoms with Gasteiger partial charge >= 0.3 is 16.9 Å². The number of allylic oxidation sites excluding steroid dienone is 2. The van der Waals surface area contributed by atoms with Crippen molar-refractivity contribution in [1.29, 1.82) is 0 Å². The van der Waals surface area contributed by atoms with Crippen LogP contribution in [0.3, 0.4) is 0 Å². The molecule has 0 saturated heterocycles. The highest BCUT2D eigenvalue weighted by molar-refractivity contribution is 7.91. The minimum absolute atomic E-state index is 0.0285. The fourth-order valence-electron chi connectivity index (χ4n) is 12.5. The van der Waals surface area contributed by atoms with E-state index in [1.807, 2.05) is 6.92 Å². The number of aliphatic hydroxyl groups is 1. The van der Waals surface area contributed by atoms with Crippen LogP contribution in [0.5, 0.6) is 5.88 Å². The lowest BCUT2D eigenvalue weighted by Crippen LogP contribution is -2.65. The minimum atomic E-state index is -4.24. The van der Waals surface area contributed by atoms with E-state index in [9.17, 15) is 23.5 Å². The maximum Gasteiger partial charge on any atom is 0.414 e. The number of carbonyl (C=O) groups is 1. The normalized spacial score (nSPS) is 37.9. The third-order valence-corrected chi connectivity index (χ3v) is 17.7. The number of rotatable bonds is 8. The summed E-state index contributed by atoms with van der Waals surface area (Å²) in [5, 5.41) is 26.3. The number of sulfone groups is 1. The smallest absolute Gasteiger partial charge is 0.414 e. The molecule has 9 atom stereocenters. The van der Waals surface area contributed by atoms with Crippen molar-refractivity contribution in [3.8, 4) is 5.88 Å². The van der Waals surface area contributed by atoms with Crippen LogP contribution in [0, 0.1) is 55.5 Å². The molecule has 0 radical (unpaired) electrons. The van der Waals surface area contributed by atoms with Gasteiger partial charge in [-0.2, -0.15) is 0 Å². The van der Waals surface area contributed by atoms with Crippen LogP contribution in [-0.2, 0) is 19.4 Å². The average Bonchev–Trinajstić information content (AvgIpc) is 3.47. The summed E-state index contributed by atoms with van der Waals surface area (Å²) in [7, 11) is -4.24. The molecule has 1 aromatic carbocycles. The van der Waals surface area contributed by atoms with Crippen LogP contribution in [0.4, 0.5) is 0 Å². The van der Waals surface area contributed by atoms with Gasteiger partial charge in [0, 0.05) is 6.42 Å².